The normalized spacial score (nSPS) is 22.4. The molecule has 160 valence electrons. The summed E-state index contributed by atoms with van der Waals surface area (Å²) < 4.78 is 5.07. The largest absolute Gasteiger partial charge is 0.454 e. The topological polar surface area (TPSA) is 92.8 Å². The van der Waals surface area contributed by atoms with Crippen molar-refractivity contribution in [3.05, 3.63) is 42.0 Å². The number of hydrogen-bond donors (Lipinski definition) is 1. The summed E-state index contributed by atoms with van der Waals surface area (Å²) in [5.41, 5.74) is 1.80. The van der Waals surface area contributed by atoms with Crippen molar-refractivity contribution in [2.24, 2.45) is 11.8 Å². The van der Waals surface area contributed by atoms with Crippen LogP contribution in [-0.4, -0.2) is 41.2 Å². The van der Waals surface area contributed by atoms with Gasteiger partial charge in [0.2, 0.25) is 11.8 Å². The van der Waals surface area contributed by atoms with E-state index in [4.69, 9.17) is 4.74 Å². The van der Waals surface area contributed by atoms with E-state index in [0.29, 0.717) is 24.4 Å². The van der Waals surface area contributed by atoms with Gasteiger partial charge in [0.15, 0.2) is 6.61 Å². The Morgan fingerprint density at radius 3 is 2.17 bits per heavy atom. The van der Waals surface area contributed by atoms with E-state index in [9.17, 15) is 19.2 Å². The van der Waals surface area contributed by atoms with Crippen LogP contribution in [0.5, 0.6) is 0 Å². The standard InChI is InChI=1S/C23H28N2O5/c1-4-14(2)16-9-11-17(12-10-16)24-20(26)13-30-23(29)15(3)25-21(27)18-7-5-6-8-19(18)22(25)28/h5-6,9-12,14-15,18-19H,4,7-8,13H2,1-3H3,(H,24,26)/t14-,15+,18+,19+/m1/s1. The van der Waals surface area contributed by atoms with Crippen LogP contribution in [0.1, 0.15) is 51.5 Å². The highest BCUT2D eigenvalue weighted by atomic mass is 16.5. The molecule has 1 heterocycles. The quantitative estimate of drug-likeness (QED) is 0.422. The number of carbonyl (C=O) groups is 4. The van der Waals surface area contributed by atoms with Crippen LogP contribution in [0, 0.1) is 11.8 Å². The second-order valence-electron chi connectivity index (χ2n) is 7.97. The predicted molar refractivity (Wildman–Crippen MR) is 111 cm³/mol. The van der Waals surface area contributed by atoms with Crippen LogP contribution < -0.4 is 5.32 Å². The minimum absolute atomic E-state index is 0.343. The third-order valence-electron chi connectivity index (χ3n) is 5.99. The van der Waals surface area contributed by atoms with Crippen molar-refractivity contribution in [1.29, 1.82) is 0 Å². The van der Waals surface area contributed by atoms with Crippen LogP contribution in [0.25, 0.3) is 0 Å². The molecule has 7 heteroatoms. The molecule has 1 aliphatic carbocycles. The Hall–Kier alpha value is -2.96. The molecule has 1 N–H and O–H groups in total. The van der Waals surface area contributed by atoms with Crippen molar-refractivity contribution in [2.75, 3.05) is 11.9 Å². The van der Waals surface area contributed by atoms with E-state index in [1.807, 2.05) is 24.3 Å². The van der Waals surface area contributed by atoms with Crippen molar-refractivity contribution in [2.45, 2.75) is 52.0 Å². The molecule has 7 nitrogen and oxygen atoms in total. The summed E-state index contributed by atoms with van der Waals surface area (Å²) in [7, 11) is 0. The molecule has 3 amide bonds. The molecule has 3 rings (SSSR count). The van der Waals surface area contributed by atoms with Crippen LogP contribution in [0.2, 0.25) is 0 Å². The van der Waals surface area contributed by atoms with Crippen LogP contribution in [0.15, 0.2) is 36.4 Å². The average Bonchev–Trinajstić information content (AvgIpc) is 3.02. The summed E-state index contributed by atoms with van der Waals surface area (Å²) in [4.78, 5) is 50.6. The first-order valence-corrected chi connectivity index (χ1v) is 10.4. The van der Waals surface area contributed by atoms with Gasteiger partial charge in [0.05, 0.1) is 11.8 Å². The molecular formula is C23H28N2O5. The van der Waals surface area contributed by atoms with Gasteiger partial charge in [0, 0.05) is 5.69 Å². The van der Waals surface area contributed by atoms with E-state index in [1.54, 1.807) is 12.1 Å². The van der Waals surface area contributed by atoms with Crippen molar-refractivity contribution < 1.29 is 23.9 Å². The number of nitrogens with zero attached hydrogens (tertiary/aromatic N) is 1. The van der Waals surface area contributed by atoms with E-state index in [-0.39, 0.29) is 11.8 Å². The summed E-state index contributed by atoms with van der Waals surface area (Å²) in [5.74, 6) is -2.31. The van der Waals surface area contributed by atoms with E-state index in [1.165, 1.54) is 12.5 Å². The number of anilines is 1. The van der Waals surface area contributed by atoms with E-state index < -0.39 is 36.4 Å². The fourth-order valence-electron chi connectivity index (χ4n) is 3.90. The number of ether oxygens (including phenoxy) is 1. The maximum absolute atomic E-state index is 12.6. The number of benzene rings is 1. The van der Waals surface area contributed by atoms with Gasteiger partial charge >= 0.3 is 5.97 Å². The zero-order valence-electron chi connectivity index (χ0n) is 17.6. The highest BCUT2D eigenvalue weighted by Crippen LogP contribution is 2.36. The number of likely N-dealkylation sites (tertiary alicyclic amines) is 1. The lowest BCUT2D eigenvalue weighted by atomic mass is 9.85. The summed E-state index contributed by atoms with van der Waals surface area (Å²) in [5, 5.41) is 2.68. The Morgan fingerprint density at radius 2 is 1.63 bits per heavy atom. The molecule has 0 spiro atoms. The van der Waals surface area contributed by atoms with Crippen molar-refractivity contribution >= 4 is 29.4 Å². The van der Waals surface area contributed by atoms with Gasteiger partial charge in [0.25, 0.3) is 5.91 Å². The lowest BCUT2D eigenvalue weighted by molar-refractivity contribution is -0.159. The average molecular weight is 412 g/mol. The van der Waals surface area contributed by atoms with Crippen LogP contribution >= 0.6 is 0 Å². The second-order valence-corrected chi connectivity index (χ2v) is 7.97. The minimum Gasteiger partial charge on any atom is -0.454 e. The van der Waals surface area contributed by atoms with Gasteiger partial charge in [-0.05, 0) is 49.8 Å². The zero-order valence-corrected chi connectivity index (χ0v) is 17.6. The number of imide groups is 1. The van der Waals surface area contributed by atoms with Gasteiger partial charge in [-0.25, -0.2) is 4.79 Å². The van der Waals surface area contributed by atoms with Crippen molar-refractivity contribution in [3.8, 4) is 0 Å². The third-order valence-corrected chi connectivity index (χ3v) is 5.99. The van der Waals surface area contributed by atoms with Gasteiger partial charge in [-0.2, -0.15) is 0 Å². The number of nitrogens with one attached hydrogen (secondary N) is 1. The first kappa shape index (κ1) is 21.7. The molecule has 0 unspecified atom stereocenters. The summed E-state index contributed by atoms with van der Waals surface area (Å²) in [6, 6.07) is 6.47. The lowest BCUT2D eigenvalue weighted by Crippen LogP contribution is -2.45. The number of amides is 3. The molecular weight excluding hydrogens is 384 g/mol. The van der Waals surface area contributed by atoms with Crippen LogP contribution in [0.4, 0.5) is 5.69 Å². The molecule has 1 aliphatic heterocycles. The number of carbonyl (C=O) groups excluding carboxylic acids is 4. The molecule has 1 aromatic carbocycles. The van der Waals surface area contributed by atoms with Gasteiger partial charge in [-0.1, -0.05) is 38.1 Å². The van der Waals surface area contributed by atoms with Gasteiger partial charge in [0.1, 0.15) is 6.04 Å². The number of allylic oxidation sites excluding steroid dienone is 2. The predicted octanol–water partition coefficient (Wildman–Crippen LogP) is 3.02. The summed E-state index contributed by atoms with van der Waals surface area (Å²) in [6.07, 6.45) is 5.81. The Bertz CT molecular complexity index is 835. The van der Waals surface area contributed by atoms with E-state index in [2.05, 4.69) is 19.2 Å². The Balaban J connectivity index is 1.52. The fraction of sp³-hybridized carbons (Fsp3) is 0.478. The molecule has 0 aromatic heterocycles. The van der Waals surface area contributed by atoms with Gasteiger partial charge < -0.3 is 10.1 Å². The van der Waals surface area contributed by atoms with Gasteiger partial charge in [-0.15, -0.1) is 0 Å². The molecule has 1 saturated heterocycles. The number of fused-ring (bicyclic) bond motifs is 1. The van der Waals surface area contributed by atoms with Crippen molar-refractivity contribution in [1.82, 2.24) is 4.90 Å². The summed E-state index contributed by atoms with van der Waals surface area (Å²) in [6.45, 7) is 5.22. The number of esters is 1. The Labute approximate surface area is 176 Å². The second kappa shape index (κ2) is 9.24. The maximum atomic E-state index is 12.6. The molecule has 1 aromatic rings. The summed E-state index contributed by atoms with van der Waals surface area (Å²) >= 11 is 0. The zero-order chi connectivity index (χ0) is 21.8. The molecule has 0 saturated carbocycles. The molecule has 30 heavy (non-hydrogen) atoms. The van der Waals surface area contributed by atoms with Crippen LogP contribution in [0.3, 0.4) is 0 Å². The van der Waals surface area contributed by atoms with Gasteiger partial charge in [-0.3, -0.25) is 19.3 Å². The molecule has 2 aliphatic rings. The maximum Gasteiger partial charge on any atom is 0.329 e. The van der Waals surface area contributed by atoms with E-state index in [0.717, 1.165) is 11.3 Å². The Morgan fingerprint density at radius 1 is 1.07 bits per heavy atom. The highest BCUT2D eigenvalue weighted by molar-refractivity contribution is 6.08. The molecule has 4 atom stereocenters. The lowest BCUT2D eigenvalue weighted by Gasteiger charge is -2.21. The molecule has 1 fully saturated rings. The number of rotatable bonds is 7. The monoisotopic (exact) mass is 412 g/mol. The Kier molecular flexibility index (Phi) is 6.70. The number of hydrogen-bond acceptors (Lipinski definition) is 5. The van der Waals surface area contributed by atoms with E-state index >= 15 is 0 Å². The SMILES string of the molecule is CC[C@@H](C)c1ccc(NC(=O)COC(=O)[C@H](C)N2C(=O)[C@H]3CC=CC[C@@H]3C2=O)cc1. The minimum atomic E-state index is -1.06. The smallest absolute Gasteiger partial charge is 0.329 e. The third kappa shape index (κ3) is 4.45. The van der Waals surface area contributed by atoms with Crippen LogP contribution in [-0.2, 0) is 23.9 Å². The molecule has 0 bridgehead atoms. The first-order chi connectivity index (χ1) is 14.3. The van der Waals surface area contributed by atoms with Crippen molar-refractivity contribution in [3.63, 3.8) is 0 Å². The fourth-order valence-corrected chi connectivity index (χ4v) is 3.90. The molecule has 0 radical (unpaired) electrons. The highest BCUT2D eigenvalue weighted by Gasteiger charge is 2.50. The first-order valence-electron chi connectivity index (χ1n) is 10.4.